The van der Waals surface area contributed by atoms with E-state index >= 15 is 0 Å². The molecule has 1 heterocycles. The summed E-state index contributed by atoms with van der Waals surface area (Å²) < 4.78 is 0.970. The Morgan fingerprint density at radius 3 is 2.59 bits per heavy atom. The average Bonchev–Trinajstić information content (AvgIpc) is 2.74. The van der Waals surface area contributed by atoms with Crippen molar-refractivity contribution in [1.29, 1.82) is 0 Å². The summed E-state index contributed by atoms with van der Waals surface area (Å²) in [4.78, 5) is 12.6. The van der Waals surface area contributed by atoms with Crippen LogP contribution in [0.25, 0.3) is 5.57 Å². The summed E-state index contributed by atoms with van der Waals surface area (Å²) in [7, 11) is 0. The predicted octanol–water partition coefficient (Wildman–Crippen LogP) is 4.42. The first-order valence-corrected chi connectivity index (χ1v) is 8.84. The first-order chi connectivity index (χ1) is 10.5. The minimum absolute atomic E-state index is 0.129. The first-order valence-electron chi connectivity index (χ1n) is 8.05. The van der Waals surface area contributed by atoms with E-state index in [0.717, 1.165) is 53.3 Å². The zero-order valence-electron chi connectivity index (χ0n) is 13.1. The summed E-state index contributed by atoms with van der Waals surface area (Å²) in [5.41, 5.74) is 2.98. The molecule has 1 aliphatic heterocycles. The van der Waals surface area contributed by atoms with Gasteiger partial charge in [-0.3, -0.25) is 4.79 Å². The van der Waals surface area contributed by atoms with Gasteiger partial charge in [-0.1, -0.05) is 48.2 Å². The summed E-state index contributed by atoms with van der Waals surface area (Å²) in [5, 5.41) is 14.0. The van der Waals surface area contributed by atoms with Crippen LogP contribution in [0.3, 0.4) is 0 Å². The Hall–Kier alpha value is -1.29. The quantitative estimate of drug-likeness (QED) is 0.816. The van der Waals surface area contributed by atoms with Gasteiger partial charge in [-0.05, 0) is 48.9 Å². The molecule has 0 radical (unpaired) electrons. The maximum Gasteiger partial charge on any atom is 0.256 e. The van der Waals surface area contributed by atoms with Crippen molar-refractivity contribution in [3.8, 4) is 0 Å². The number of aliphatic hydroxyl groups is 1. The van der Waals surface area contributed by atoms with Crippen LogP contribution in [0, 0.1) is 6.92 Å². The maximum atomic E-state index is 12.6. The van der Waals surface area contributed by atoms with Crippen LogP contribution < -0.4 is 5.32 Å². The Labute approximate surface area is 139 Å². The van der Waals surface area contributed by atoms with Crippen molar-refractivity contribution < 1.29 is 9.90 Å². The first kappa shape index (κ1) is 15.6. The number of nitrogens with one attached hydrogen (secondary N) is 1. The Balaban J connectivity index is 2.19. The molecule has 1 aromatic rings. The molecule has 1 spiro atoms. The van der Waals surface area contributed by atoms with Gasteiger partial charge >= 0.3 is 0 Å². The number of hydrogen-bond acceptors (Lipinski definition) is 2. The number of aliphatic hydroxyl groups excluding tert-OH is 1. The highest BCUT2D eigenvalue weighted by atomic mass is 79.9. The lowest BCUT2D eigenvalue weighted by molar-refractivity contribution is -0.116. The van der Waals surface area contributed by atoms with Crippen LogP contribution in [0.2, 0.25) is 0 Å². The van der Waals surface area contributed by atoms with Gasteiger partial charge in [-0.15, -0.1) is 0 Å². The van der Waals surface area contributed by atoms with Crippen molar-refractivity contribution in [2.45, 2.75) is 57.9 Å². The summed E-state index contributed by atoms with van der Waals surface area (Å²) in [5.74, 6) is 0.128. The van der Waals surface area contributed by atoms with Crippen molar-refractivity contribution in [3.05, 3.63) is 39.1 Å². The van der Waals surface area contributed by atoms with E-state index in [2.05, 4.69) is 28.2 Å². The SMILES string of the molecule is CCc1ccc(Br)c(C)c1C1=C(O)C2(CCCCC2)NC1=O. The Morgan fingerprint density at radius 2 is 1.95 bits per heavy atom. The molecule has 3 nitrogen and oxygen atoms in total. The second-order valence-electron chi connectivity index (χ2n) is 6.38. The zero-order valence-corrected chi connectivity index (χ0v) is 14.7. The number of carbonyl (C=O) groups is 1. The van der Waals surface area contributed by atoms with E-state index in [1.807, 2.05) is 19.1 Å². The van der Waals surface area contributed by atoms with E-state index in [9.17, 15) is 9.90 Å². The summed E-state index contributed by atoms with van der Waals surface area (Å²) in [6, 6.07) is 4.05. The number of benzene rings is 1. The van der Waals surface area contributed by atoms with Crippen LogP contribution in [0.5, 0.6) is 0 Å². The maximum absolute atomic E-state index is 12.6. The fourth-order valence-corrected chi connectivity index (χ4v) is 4.15. The molecule has 0 bridgehead atoms. The number of rotatable bonds is 2. The van der Waals surface area contributed by atoms with Gasteiger partial charge in [-0.2, -0.15) is 0 Å². The highest BCUT2D eigenvalue weighted by molar-refractivity contribution is 9.10. The Morgan fingerprint density at radius 1 is 1.27 bits per heavy atom. The molecule has 3 rings (SSSR count). The Kier molecular flexibility index (Phi) is 4.06. The third-order valence-electron chi connectivity index (χ3n) is 5.09. The predicted molar refractivity (Wildman–Crippen MR) is 91.8 cm³/mol. The van der Waals surface area contributed by atoms with E-state index < -0.39 is 5.54 Å². The lowest BCUT2D eigenvalue weighted by Crippen LogP contribution is -2.46. The van der Waals surface area contributed by atoms with Crippen LogP contribution in [0.15, 0.2) is 22.4 Å². The van der Waals surface area contributed by atoms with E-state index in [4.69, 9.17) is 0 Å². The molecule has 118 valence electrons. The third kappa shape index (κ3) is 2.28. The molecule has 1 fully saturated rings. The minimum atomic E-state index is -0.523. The number of amides is 1. The van der Waals surface area contributed by atoms with Gasteiger partial charge in [0.25, 0.3) is 5.91 Å². The standard InChI is InChI=1S/C18H22BrNO2/c1-3-12-7-8-13(19)11(2)14(12)15-16(21)18(20-17(15)22)9-5-4-6-10-18/h7-8,21H,3-6,9-10H2,1-2H3,(H,20,22). The molecule has 1 aliphatic carbocycles. The van der Waals surface area contributed by atoms with Crippen molar-refractivity contribution in [2.24, 2.45) is 0 Å². The van der Waals surface area contributed by atoms with Gasteiger partial charge < -0.3 is 10.4 Å². The third-order valence-corrected chi connectivity index (χ3v) is 5.95. The summed E-state index contributed by atoms with van der Waals surface area (Å²) in [6.45, 7) is 4.07. The Bertz CT molecular complexity index is 657. The average molecular weight is 364 g/mol. The molecule has 0 saturated heterocycles. The lowest BCUT2D eigenvalue weighted by Gasteiger charge is -2.33. The lowest BCUT2D eigenvalue weighted by atomic mass is 9.80. The number of aryl methyl sites for hydroxylation is 1. The highest BCUT2D eigenvalue weighted by Gasteiger charge is 2.46. The van der Waals surface area contributed by atoms with Crippen molar-refractivity contribution in [1.82, 2.24) is 5.32 Å². The minimum Gasteiger partial charge on any atom is -0.509 e. The zero-order chi connectivity index (χ0) is 15.9. The molecule has 0 atom stereocenters. The van der Waals surface area contributed by atoms with Crippen LogP contribution in [0.1, 0.15) is 55.7 Å². The van der Waals surface area contributed by atoms with Gasteiger partial charge in [0.05, 0.1) is 11.1 Å². The molecule has 4 heteroatoms. The van der Waals surface area contributed by atoms with E-state index in [1.54, 1.807) is 0 Å². The molecule has 1 aromatic carbocycles. The molecular formula is C18H22BrNO2. The monoisotopic (exact) mass is 363 g/mol. The van der Waals surface area contributed by atoms with E-state index in [-0.39, 0.29) is 11.7 Å². The number of carbonyl (C=O) groups excluding carboxylic acids is 1. The molecule has 2 aliphatic rings. The van der Waals surface area contributed by atoms with E-state index in [1.165, 1.54) is 6.42 Å². The molecular weight excluding hydrogens is 342 g/mol. The molecule has 0 aromatic heterocycles. The second kappa shape index (κ2) is 5.73. The van der Waals surface area contributed by atoms with Crippen molar-refractivity contribution in [2.75, 3.05) is 0 Å². The van der Waals surface area contributed by atoms with Gasteiger partial charge in [0, 0.05) is 4.47 Å². The highest BCUT2D eigenvalue weighted by Crippen LogP contribution is 2.43. The van der Waals surface area contributed by atoms with Crippen molar-refractivity contribution >= 4 is 27.4 Å². The molecule has 1 saturated carbocycles. The van der Waals surface area contributed by atoms with Gasteiger partial charge in [-0.25, -0.2) is 0 Å². The van der Waals surface area contributed by atoms with Gasteiger partial charge in [0.15, 0.2) is 0 Å². The normalized spacial score (nSPS) is 20.6. The van der Waals surface area contributed by atoms with Crippen LogP contribution in [-0.2, 0) is 11.2 Å². The summed E-state index contributed by atoms with van der Waals surface area (Å²) in [6.07, 6.45) is 5.79. The molecule has 22 heavy (non-hydrogen) atoms. The van der Waals surface area contributed by atoms with Crippen LogP contribution in [-0.4, -0.2) is 16.6 Å². The second-order valence-corrected chi connectivity index (χ2v) is 7.23. The number of hydrogen-bond donors (Lipinski definition) is 2. The molecule has 2 N–H and O–H groups in total. The van der Waals surface area contributed by atoms with E-state index in [0.29, 0.717) is 5.57 Å². The molecule has 1 amide bonds. The summed E-state index contributed by atoms with van der Waals surface area (Å²) >= 11 is 3.55. The fraction of sp³-hybridized carbons (Fsp3) is 0.500. The molecule has 0 unspecified atom stereocenters. The largest absolute Gasteiger partial charge is 0.509 e. The van der Waals surface area contributed by atoms with Crippen LogP contribution >= 0.6 is 15.9 Å². The topological polar surface area (TPSA) is 49.3 Å². The fourth-order valence-electron chi connectivity index (χ4n) is 3.82. The van der Waals surface area contributed by atoms with Gasteiger partial charge in [0.1, 0.15) is 5.76 Å². The number of halogens is 1. The van der Waals surface area contributed by atoms with Crippen LogP contribution in [0.4, 0.5) is 0 Å². The smallest absolute Gasteiger partial charge is 0.256 e. The van der Waals surface area contributed by atoms with Gasteiger partial charge in [0.2, 0.25) is 0 Å². The van der Waals surface area contributed by atoms with Crippen molar-refractivity contribution in [3.63, 3.8) is 0 Å².